The molecule has 156 valence electrons. The van der Waals surface area contributed by atoms with Gasteiger partial charge >= 0.3 is 0 Å². The van der Waals surface area contributed by atoms with Crippen LogP contribution in [0.1, 0.15) is 29.8 Å². The highest BCUT2D eigenvalue weighted by molar-refractivity contribution is 5.96. The number of hydrogen-bond acceptors (Lipinski definition) is 7. The number of hydrogen-bond donors (Lipinski definition) is 4. The monoisotopic (exact) mass is 413 g/mol. The molecule has 10 heteroatoms. The van der Waals surface area contributed by atoms with Crippen molar-refractivity contribution in [3.63, 3.8) is 0 Å². The van der Waals surface area contributed by atoms with Crippen LogP contribution in [0.2, 0.25) is 0 Å². The third kappa shape index (κ3) is 3.99. The number of fused-ring (bicyclic) bond motifs is 1. The van der Waals surface area contributed by atoms with Crippen molar-refractivity contribution in [2.75, 3.05) is 10.6 Å². The first-order chi connectivity index (χ1) is 14.3. The fraction of sp³-hybridized carbons (Fsp3) is 0.300. The molecule has 1 aliphatic rings. The van der Waals surface area contributed by atoms with Crippen molar-refractivity contribution < 1.29 is 13.6 Å². The maximum atomic E-state index is 13.9. The number of amides is 1. The molecule has 8 nitrogen and oxygen atoms in total. The van der Waals surface area contributed by atoms with Crippen LogP contribution in [0.25, 0.3) is 10.8 Å². The van der Waals surface area contributed by atoms with Crippen molar-refractivity contribution in [2.24, 2.45) is 11.5 Å². The standard InChI is InChI=1S/C20H21F2N7O/c21-20(22)6-1-2-14(17(20)23)28-15-10-26-16(18(24)30)19(29-15)27-13-4-3-11-5-7-25-9-12(11)8-13/h3-5,7-10,14,17H,1-2,6,23H2,(H2,24,30)(H2,27,28,29). The maximum Gasteiger partial charge on any atom is 0.271 e. The molecule has 6 N–H and O–H groups in total. The molecule has 2 unspecified atom stereocenters. The fourth-order valence-corrected chi connectivity index (χ4v) is 3.58. The Balaban J connectivity index is 1.62. The molecule has 0 radical (unpaired) electrons. The van der Waals surface area contributed by atoms with Crippen molar-refractivity contribution in [1.29, 1.82) is 0 Å². The van der Waals surface area contributed by atoms with Gasteiger partial charge in [0.05, 0.1) is 12.2 Å². The summed E-state index contributed by atoms with van der Waals surface area (Å²) in [5.74, 6) is -3.37. The molecule has 30 heavy (non-hydrogen) atoms. The van der Waals surface area contributed by atoms with Crippen molar-refractivity contribution in [2.45, 2.75) is 37.3 Å². The first-order valence-corrected chi connectivity index (χ1v) is 9.51. The molecule has 1 aromatic carbocycles. The van der Waals surface area contributed by atoms with E-state index in [1.807, 2.05) is 24.3 Å². The molecule has 0 bridgehead atoms. The second-order valence-corrected chi connectivity index (χ2v) is 7.31. The third-order valence-electron chi connectivity index (χ3n) is 5.19. The second kappa shape index (κ2) is 7.79. The molecule has 3 aromatic rings. The van der Waals surface area contributed by atoms with E-state index in [9.17, 15) is 13.6 Å². The van der Waals surface area contributed by atoms with Gasteiger partial charge in [-0.2, -0.15) is 0 Å². The van der Waals surface area contributed by atoms with Crippen LogP contribution in [-0.2, 0) is 0 Å². The lowest BCUT2D eigenvalue weighted by Crippen LogP contribution is -2.55. The molecule has 0 aliphatic heterocycles. The Morgan fingerprint density at radius 2 is 2.03 bits per heavy atom. The van der Waals surface area contributed by atoms with E-state index in [2.05, 4.69) is 25.6 Å². The van der Waals surface area contributed by atoms with E-state index in [4.69, 9.17) is 11.5 Å². The zero-order valence-corrected chi connectivity index (χ0v) is 16.0. The summed E-state index contributed by atoms with van der Waals surface area (Å²) in [4.78, 5) is 24.3. The van der Waals surface area contributed by atoms with Gasteiger partial charge in [-0.05, 0) is 36.4 Å². The largest absolute Gasteiger partial charge is 0.364 e. The average Bonchev–Trinajstić information content (AvgIpc) is 2.71. The van der Waals surface area contributed by atoms with Gasteiger partial charge in [0.2, 0.25) is 0 Å². The number of pyridine rings is 1. The fourth-order valence-electron chi connectivity index (χ4n) is 3.58. The zero-order valence-electron chi connectivity index (χ0n) is 16.0. The maximum absolute atomic E-state index is 13.9. The molecule has 1 saturated carbocycles. The van der Waals surface area contributed by atoms with E-state index in [1.165, 1.54) is 6.20 Å². The molecule has 2 aromatic heterocycles. The van der Waals surface area contributed by atoms with Crippen molar-refractivity contribution >= 4 is 34.0 Å². The summed E-state index contributed by atoms with van der Waals surface area (Å²) in [5.41, 5.74) is 11.7. The van der Waals surface area contributed by atoms with Crippen molar-refractivity contribution in [3.8, 4) is 0 Å². The Morgan fingerprint density at radius 3 is 2.83 bits per heavy atom. The van der Waals surface area contributed by atoms with Gasteiger partial charge in [-0.3, -0.25) is 9.78 Å². The van der Waals surface area contributed by atoms with Crippen LogP contribution in [0, 0.1) is 0 Å². The van der Waals surface area contributed by atoms with Crippen LogP contribution in [0.3, 0.4) is 0 Å². The van der Waals surface area contributed by atoms with Gasteiger partial charge in [0.25, 0.3) is 11.8 Å². The smallest absolute Gasteiger partial charge is 0.271 e. The number of halogens is 2. The lowest BCUT2D eigenvalue weighted by atomic mass is 9.87. The van der Waals surface area contributed by atoms with Crippen molar-refractivity contribution in [3.05, 3.63) is 48.5 Å². The van der Waals surface area contributed by atoms with Crippen LogP contribution in [-0.4, -0.2) is 38.9 Å². The average molecular weight is 413 g/mol. The summed E-state index contributed by atoms with van der Waals surface area (Å²) in [7, 11) is 0. The molecule has 4 rings (SSSR count). The SMILES string of the molecule is NC(=O)c1ncc(NC2CCCC(F)(F)C2N)nc1Nc1ccc2ccncc2c1. The number of carbonyl (C=O) groups excluding carboxylic acids is 1. The molecular formula is C20H21F2N7O. The number of nitrogens with one attached hydrogen (secondary N) is 2. The molecular weight excluding hydrogens is 392 g/mol. The van der Waals surface area contributed by atoms with Crippen molar-refractivity contribution in [1.82, 2.24) is 15.0 Å². The van der Waals surface area contributed by atoms with E-state index < -0.39 is 23.9 Å². The molecule has 2 atom stereocenters. The Kier molecular flexibility index (Phi) is 5.17. The van der Waals surface area contributed by atoms with Crippen LogP contribution >= 0.6 is 0 Å². The predicted molar refractivity (Wildman–Crippen MR) is 110 cm³/mol. The number of aromatic nitrogens is 3. The summed E-state index contributed by atoms with van der Waals surface area (Å²) in [6.07, 6.45) is 5.29. The van der Waals surface area contributed by atoms with E-state index in [-0.39, 0.29) is 23.8 Å². The first kappa shape index (κ1) is 19.9. The predicted octanol–water partition coefficient (Wildman–Crippen LogP) is 2.79. The van der Waals surface area contributed by atoms with E-state index in [0.29, 0.717) is 18.5 Å². The van der Waals surface area contributed by atoms with Gasteiger partial charge in [-0.15, -0.1) is 0 Å². The van der Waals surface area contributed by atoms with E-state index in [1.54, 1.807) is 12.4 Å². The van der Waals surface area contributed by atoms with Crippen LogP contribution < -0.4 is 22.1 Å². The van der Waals surface area contributed by atoms with Gasteiger partial charge in [0.15, 0.2) is 11.5 Å². The quantitative estimate of drug-likeness (QED) is 0.506. The third-order valence-corrected chi connectivity index (χ3v) is 5.19. The topological polar surface area (TPSA) is 132 Å². The number of nitrogens with two attached hydrogens (primary N) is 2. The molecule has 2 heterocycles. The number of benzene rings is 1. The minimum Gasteiger partial charge on any atom is -0.364 e. The van der Waals surface area contributed by atoms with Gasteiger partial charge in [-0.25, -0.2) is 18.7 Å². The van der Waals surface area contributed by atoms with Gasteiger partial charge < -0.3 is 22.1 Å². The number of nitrogens with zero attached hydrogens (tertiary/aromatic N) is 3. The number of carbonyl (C=O) groups is 1. The normalized spacial score (nSPS) is 20.6. The van der Waals surface area contributed by atoms with Gasteiger partial charge in [-0.1, -0.05) is 6.07 Å². The second-order valence-electron chi connectivity index (χ2n) is 7.31. The summed E-state index contributed by atoms with van der Waals surface area (Å²) < 4.78 is 27.9. The Morgan fingerprint density at radius 1 is 1.20 bits per heavy atom. The number of alkyl halides is 2. The highest BCUT2D eigenvalue weighted by Gasteiger charge is 2.44. The van der Waals surface area contributed by atoms with Crippen LogP contribution in [0.5, 0.6) is 0 Å². The Hall–Kier alpha value is -3.40. The van der Waals surface area contributed by atoms with Gasteiger partial charge in [0, 0.05) is 35.9 Å². The number of rotatable bonds is 5. The molecule has 1 amide bonds. The summed E-state index contributed by atoms with van der Waals surface area (Å²) in [6.45, 7) is 0. The van der Waals surface area contributed by atoms with Gasteiger partial charge in [0.1, 0.15) is 5.82 Å². The highest BCUT2D eigenvalue weighted by Crippen LogP contribution is 2.34. The number of primary amides is 1. The van der Waals surface area contributed by atoms with Crippen LogP contribution in [0.4, 0.5) is 26.1 Å². The Labute approximate surface area is 171 Å². The molecule has 0 saturated heterocycles. The zero-order chi connectivity index (χ0) is 21.3. The minimum atomic E-state index is -2.95. The lowest BCUT2D eigenvalue weighted by Gasteiger charge is -2.36. The minimum absolute atomic E-state index is 0.0647. The first-order valence-electron chi connectivity index (χ1n) is 9.51. The van der Waals surface area contributed by atoms with Crippen LogP contribution in [0.15, 0.2) is 42.9 Å². The molecule has 0 spiro atoms. The summed E-state index contributed by atoms with van der Waals surface area (Å²) in [5, 5.41) is 7.85. The Bertz CT molecular complexity index is 1090. The molecule has 1 aliphatic carbocycles. The van der Waals surface area contributed by atoms with E-state index in [0.717, 1.165) is 10.8 Å². The lowest BCUT2D eigenvalue weighted by molar-refractivity contribution is -0.0554. The summed E-state index contributed by atoms with van der Waals surface area (Å²) >= 11 is 0. The van der Waals surface area contributed by atoms with E-state index >= 15 is 0 Å². The highest BCUT2D eigenvalue weighted by atomic mass is 19.3. The molecule has 1 fully saturated rings. The number of anilines is 3. The summed E-state index contributed by atoms with van der Waals surface area (Å²) in [6, 6.07) is 5.41.